The van der Waals surface area contributed by atoms with Crippen LogP contribution in [0.15, 0.2) is 30.5 Å². The maximum absolute atomic E-state index is 4.65. The molecule has 1 atom stereocenters. The van der Waals surface area contributed by atoms with Crippen molar-refractivity contribution in [3.8, 4) is 0 Å². The summed E-state index contributed by atoms with van der Waals surface area (Å²) < 4.78 is 0. The number of rotatable bonds is 4. The predicted octanol–water partition coefficient (Wildman–Crippen LogP) is 2.94. The number of hydrogen-bond acceptors (Lipinski definition) is 4. The van der Waals surface area contributed by atoms with Gasteiger partial charge in [-0.15, -0.1) is 0 Å². The van der Waals surface area contributed by atoms with Crippen LogP contribution in [-0.4, -0.2) is 32.9 Å². The summed E-state index contributed by atoms with van der Waals surface area (Å²) in [6, 6.07) is 8.36. The number of piperidine rings is 1. The lowest BCUT2D eigenvalue weighted by Crippen LogP contribution is -2.36. The van der Waals surface area contributed by atoms with Gasteiger partial charge in [0.25, 0.3) is 0 Å². The first-order chi connectivity index (χ1) is 10.7. The van der Waals surface area contributed by atoms with Crippen molar-refractivity contribution in [2.45, 2.75) is 39.7 Å². The predicted molar refractivity (Wildman–Crippen MR) is 87.4 cm³/mol. The molecule has 116 valence electrons. The molecule has 2 aromatic heterocycles. The highest BCUT2D eigenvalue weighted by atomic mass is 15.1. The van der Waals surface area contributed by atoms with Crippen molar-refractivity contribution in [3.05, 3.63) is 53.4 Å². The van der Waals surface area contributed by atoms with Crippen molar-refractivity contribution in [1.82, 2.24) is 19.9 Å². The van der Waals surface area contributed by atoms with Gasteiger partial charge in [0.1, 0.15) is 5.82 Å². The molecular weight excluding hydrogens is 272 g/mol. The quantitative estimate of drug-likeness (QED) is 0.870. The maximum Gasteiger partial charge on any atom is 0.125 e. The third kappa shape index (κ3) is 4.10. The van der Waals surface area contributed by atoms with E-state index in [9.17, 15) is 0 Å². The summed E-state index contributed by atoms with van der Waals surface area (Å²) in [7, 11) is 0. The Kier molecular flexibility index (Phi) is 4.78. The highest BCUT2D eigenvalue weighted by Crippen LogP contribution is 2.21. The minimum Gasteiger partial charge on any atom is -0.297 e. The zero-order valence-corrected chi connectivity index (χ0v) is 13.5. The van der Waals surface area contributed by atoms with E-state index >= 15 is 0 Å². The Bertz CT molecular complexity index is 572. The Morgan fingerprint density at radius 1 is 1.14 bits per heavy atom. The number of pyridine rings is 1. The molecule has 0 aliphatic carbocycles. The van der Waals surface area contributed by atoms with Gasteiger partial charge in [-0.2, -0.15) is 0 Å². The first-order valence-electron chi connectivity index (χ1n) is 8.12. The largest absolute Gasteiger partial charge is 0.297 e. The van der Waals surface area contributed by atoms with Crippen molar-refractivity contribution in [2.24, 2.45) is 5.92 Å². The van der Waals surface area contributed by atoms with Crippen LogP contribution >= 0.6 is 0 Å². The molecule has 22 heavy (non-hydrogen) atoms. The molecule has 0 radical (unpaired) electrons. The molecule has 1 saturated heterocycles. The number of hydrogen-bond donors (Lipinski definition) is 0. The van der Waals surface area contributed by atoms with E-state index in [1.165, 1.54) is 25.1 Å². The normalized spacial score (nSPS) is 19.3. The first-order valence-corrected chi connectivity index (χ1v) is 8.12. The molecule has 3 rings (SSSR count). The summed E-state index contributed by atoms with van der Waals surface area (Å²) in [5.41, 5.74) is 3.47. The van der Waals surface area contributed by atoms with Crippen molar-refractivity contribution in [2.75, 3.05) is 13.1 Å². The Balaban J connectivity index is 1.59. The Morgan fingerprint density at radius 2 is 2.05 bits per heavy atom. The number of aryl methyl sites for hydroxylation is 2. The molecule has 0 unspecified atom stereocenters. The van der Waals surface area contributed by atoms with Crippen LogP contribution in [0.3, 0.4) is 0 Å². The van der Waals surface area contributed by atoms with Gasteiger partial charge in [-0.3, -0.25) is 9.88 Å². The van der Waals surface area contributed by atoms with Gasteiger partial charge < -0.3 is 0 Å². The molecule has 0 amide bonds. The molecular formula is C18H24N4. The van der Waals surface area contributed by atoms with Gasteiger partial charge in [-0.25, -0.2) is 9.97 Å². The Hall–Kier alpha value is -1.81. The molecule has 2 aromatic rings. The SMILES string of the molecule is Cc1cccc(C[C@@H]2CCCN(Cc3ccnc(C)n3)C2)n1. The standard InChI is InChI=1S/C18H24N4/c1-14-5-3-7-17(20-14)11-16-6-4-10-22(12-16)13-18-8-9-19-15(2)21-18/h3,5,7-9,16H,4,6,10-13H2,1-2H3/t16-/m0/s1. The fourth-order valence-electron chi connectivity index (χ4n) is 3.29. The van der Waals surface area contributed by atoms with Crippen molar-refractivity contribution >= 4 is 0 Å². The van der Waals surface area contributed by atoms with Gasteiger partial charge >= 0.3 is 0 Å². The van der Waals surface area contributed by atoms with E-state index in [0.29, 0.717) is 5.92 Å². The number of aromatic nitrogens is 3. The second-order valence-corrected chi connectivity index (χ2v) is 6.31. The first kappa shape index (κ1) is 15.1. The molecule has 1 fully saturated rings. The van der Waals surface area contributed by atoms with E-state index < -0.39 is 0 Å². The molecule has 0 N–H and O–H groups in total. The minimum absolute atomic E-state index is 0.700. The highest BCUT2D eigenvalue weighted by Gasteiger charge is 2.21. The molecule has 3 heterocycles. The lowest BCUT2D eigenvalue weighted by molar-refractivity contribution is 0.164. The minimum atomic E-state index is 0.700. The van der Waals surface area contributed by atoms with Crippen LogP contribution in [0.2, 0.25) is 0 Å². The van der Waals surface area contributed by atoms with Gasteiger partial charge in [-0.05, 0) is 63.8 Å². The lowest BCUT2D eigenvalue weighted by Gasteiger charge is -2.32. The van der Waals surface area contributed by atoms with Gasteiger partial charge in [0.05, 0.1) is 5.69 Å². The molecule has 0 bridgehead atoms. The topological polar surface area (TPSA) is 41.9 Å². The van der Waals surface area contributed by atoms with Crippen LogP contribution in [0.5, 0.6) is 0 Å². The summed E-state index contributed by atoms with van der Waals surface area (Å²) >= 11 is 0. The summed E-state index contributed by atoms with van der Waals surface area (Å²) in [6.45, 7) is 7.25. The fraction of sp³-hybridized carbons (Fsp3) is 0.500. The third-order valence-electron chi connectivity index (χ3n) is 4.27. The second kappa shape index (κ2) is 6.97. The van der Waals surface area contributed by atoms with Gasteiger partial charge in [0, 0.05) is 30.7 Å². The fourth-order valence-corrected chi connectivity index (χ4v) is 3.29. The number of nitrogens with zero attached hydrogens (tertiary/aromatic N) is 4. The maximum atomic E-state index is 4.65. The number of likely N-dealkylation sites (tertiary alicyclic amines) is 1. The average Bonchev–Trinajstić information content (AvgIpc) is 2.47. The summed E-state index contributed by atoms with van der Waals surface area (Å²) in [5, 5.41) is 0. The van der Waals surface area contributed by atoms with E-state index in [1.54, 1.807) is 0 Å². The van der Waals surface area contributed by atoms with Gasteiger partial charge in [0.2, 0.25) is 0 Å². The molecule has 0 aromatic carbocycles. The van der Waals surface area contributed by atoms with E-state index in [-0.39, 0.29) is 0 Å². The van der Waals surface area contributed by atoms with Crippen molar-refractivity contribution in [1.29, 1.82) is 0 Å². The molecule has 1 aliphatic rings. The van der Waals surface area contributed by atoms with E-state index in [2.05, 4.69) is 45.0 Å². The lowest BCUT2D eigenvalue weighted by atomic mass is 9.93. The highest BCUT2D eigenvalue weighted by molar-refractivity contribution is 5.11. The van der Waals surface area contributed by atoms with Gasteiger partial charge in [0.15, 0.2) is 0 Å². The molecule has 0 spiro atoms. The van der Waals surface area contributed by atoms with E-state index in [1.807, 2.05) is 19.2 Å². The average molecular weight is 296 g/mol. The molecule has 0 saturated carbocycles. The van der Waals surface area contributed by atoms with E-state index in [0.717, 1.165) is 36.7 Å². The molecule has 1 aliphatic heterocycles. The van der Waals surface area contributed by atoms with Crippen LogP contribution < -0.4 is 0 Å². The molecule has 4 heteroatoms. The van der Waals surface area contributed by atoms with E-state index in [4.69, 9.17) is 0 Å². The Labute approximate surface area is 132 Å². The van der Waals surface area contributed by atoms with Gasteiger partial charge in [-0.1, -0.05) is 6.07 Å². The zero-order chi connectivity index (χ0) is 15.4. The van der Waals surface area contributed by atoms with Crippen LogP contribution in [0.25, 0.3) is 0 Å². The third-order valence-corrected chi connectivity index (χ3v) is 4.27. The van der Waals surface area contributed by atoms with Crippen molar-refractivity contribution in [3.63, 3.8) is 0 Å². The van der Waals surface area contributed by atoms with Crippen LogP contribution in [-0.2, 0) is 13.0 Å². The van der Waals surface area contributed by atoms with Crippen LogP contribution in [0, 0.1) is 19.8 Å². The Morgan fingerprint density at radius 3 is 2.86 bits per heavy atom. The zero-order valence-electron chi connectivity index (χ0n) is 13.5. The monoisotopic (exact) mass is 296 g/mol. The summed E-state index contributed by atoms with van der Waals surface area (Å²) in [4.78, 5) is 15.9. The van der Waals surface area contributed by atoms with Crippen molar-refractivity contribution < 1.29 is 0 Å². The van der Waals surface area contributed by atoms with Crippen LogP contribution in [0.4, 0.5) is 0 Å². The molecule has 4 nitrogen and oxygen atoms in total. The summed E-state index contributed by atoms with van der Waals surface area (Å²) in [6.07, 6.45) is 5.51. The smallest absolute Gasteiger partial charge is 0.125 e. The summed E-state index contributed by atoms with van der Waals surface area (Å²) in [5.74, 6) is 1.56. The second-order valence-electron chi connectivity index (χ2n) is 6.31. The van der Waals surface area contributed by atoms with Crippen LogP contribution in [0.1, 0.15) is 35.7 Å².